The summed E-state index contributed by atoms with van der Waals surface area (Å²) in [7, 11) is -1.25. The molecule has 3 heterocycles. The van der Waals surface area contributed by atoms with Crippen molar-refractivity contribution < 1.29 is 41.4 Å². The minimum atomic E-state index is -4.32. The summed E-state index contributed by atoms with van der Waals surface area (Å²) in [5.74, 6) is -0.434. The first-order chi connectivity index (χ1) is 23.9. The molecule has 0 spiro atoms. The van der Waals surface area contributed by atoms with Gasteiger partial charge in [-0.15, -0.1) is 0 Å². The number of sulfonamides is 1. The number of hydrogen-bond acceptors (Lipinski definition) is 9. The van der Waals surface area contributed by atoms with E-state index in [0.717, 1.165) is 31.1 Å². The highest BCUT2D eigenvalue weighted by Gasteiger charge is 2.64. The van der Waals surface area contributed by atoms with Gasteiger partial charge < -0.3 is 24.4 Å². The molecule has 0 bridgehead atoms. The molecule has 4 aliphatic rings. The first-order valence-corrected chi connectivity index (χ1v) is 19.0. The predicted molar refractivity (Wildman–Crippen MR) is 184 cm³/mol. The van der Waals surface area contributed by atoms with Crippen LogP contribution in [0.1, 0.15) is 71.6 Å². The van der Waals surface area contributed by atoms with Gasteiger partial charge in [-0.05, 0) is 73.9 Å². The lowest BCUT2D eigenvalue weighted by Gasteiger charge is -2.28. The van der Waals surface area contributed by atoms with Gasteiger partial charge in [-0.2, -0.15) is 4.98 Å². The molecule has 50 heavy (non-hydrogen) atoms. The number of hydrogen-bond donors (Lipinski definition) is 2. The topological polar surface area (TPSA) is 153 Å². The fraction of sp³-hybridized carbons (Fsp3) is 0.611. The summed E-state index contributed by atoms with van der Waals surface area (Å²) in [6.45, 7) is 3.23. The largest absolute Gasteiger partial charge is 0.497 e. The summed E-state index contributed by atoms with van der Waals surface area (Å²) < 4.78 is 57.6. The Morgan fingerprint density at radius 3 is 2.62 bits per heavy atom. The minimum absolute atomic E-state index is 0.107. The second-order valence-corrected chi connectivity index (χ2v) is 16.5. The van der Waals surface area contributed by atoms with E-state index in [1.807, 2.05) is 24.3 Å². The van der Waals surface area contributed by atoms with Crippen molar-refractivity contribution in [2.24, 2.45) is 17.8 Å². The average molecular weight is 715 g/mol. The molecule has 1 aromatic carbocycles. The van der Waals surface area contributed by atoms with Crippen molar-refractivity contribution in [3.63, 3.8) is 0 Å². The van der Waals surface area contributed by atoms with Gasteiger partial charge in [-0.1, -0.05) is 32.4 Å². The van der Waals surface area contributed by atoms with Crippen molar-refractivity contribution in [3.8, 4) is 17.5 Å². The van der Waals surface area contributed by atoms with Crippen LogP contribution in [0, 0.1) is 17.8 Å². The normalized spacial score (nSPS) is 30.2. The number of amides is 3. The number of rotatable bonds is 9. The Morgan fingerprint density at radius 2 is 1.94 bits per heavy atom. The van der Waals surface area contributed by atoms with E-state index in [1.165, 1.54) is 12.0 Å². The predicted octanol–water partition coefficient (Wildman–Crippen LogP) is 4.22. The number of nitrogens with one attached hydrogen (secondary N) is 2. The Hall–Kier alpha value is -3.94. The molecular weight excluding hydrogens is 667 g/mol. The number of pyridine rings is 1. The highest BCUT2D eigenvalue weighted by atomic mass is 32.2. The Kier molecular flexibility index (Phi) is 10.0. The lowest BCUT2D eigenvalue weighted by Crippen LogP contribution is -2.57. The third-order valence-corrected chi connectivity index (χ3v) is 13.0. The van der Waals surface area contributed by atoms with Crippen LogP contribution in [-0.2, 0) is 24.4 Å². The van der Waals surface area contributed by atoms with Gasteiger partial charge in [-0.3, -0.25) is 19.1 Å². The van der Waals surface area contributed by atoms with Crippen molar-refractivity contribution in [2.75, 3.05) is 27.4 Å². The van der Waals surface area contributed by atoms with Gasteiger partial charge in [0.15, 0.2) is 0 Å². The number of benzene rings is 1. The van der Waals surface area contributed by atoms with Gasteiger partial charge in [0.05, 0.1) is 20.8 Å². The fourth-order valence-corrected chi connectivity index (χ4v) is 8.80. The maximum Gasteiger partial charge on any atom is 0.259 e. The smallest absolute Gasteiger partial charge is 0.259 e. The summed E-state index contributed by atoms with van der Waals surface area (Å²) in [5.41, 5.74) is -1.55. The van der Waals surface area contributed by atoms with Crippen LogP contribution in [0.3, 0.4) is 0 Å². The van der Waals surface area contributed by atoms with E-state index in [0.29, 0.717) is 22.9 Å². The number of ether oxygens (including phenoxy) is 3. The van der Waals surface area contributed by atoms with Crippen LogP contribution in [-0.4, -0.2) is 85.9 Å². The van der Waals surface area contributed by atoms with E-state index in [2.05, 4.69) is 28.9 Å². The molecule has 3 amide bonds. The third kappa shape index (κ3) is 7.00. The highest BCUT2D eigenvalue weighted by Crippen LogP contribution is 2.48. The quantitative estimate of drug-likeness (QED) is 0.364. The highest BCUT2D eigenvalue weighted by molar-refractivity contribution is 7.91. The van der Waals surface area contributed by atoms with E-state index in [1.54, 1.807) is 19.2 Å². The van der Waals surface area contributed by atoms with E-state index < -0.39 is 56.9 Å². The lowest BCUT2D eigenvalue weighted by atomic mass is 9.88. The molecule has 14 heteroatoms. The zero-order valence-corrected chi connectivity index (χ0v) is 29.9. The molecule has 2 aliphatic carbocycles. The van der Waals surface area contributed by atoms with Gasteiger partial charge in [-0.25, -0.2) is 12.8 Å². The van der Waals surface area contributed by atoms with Crippen molar-refractivity contribution in [3.05, 3.63) is 36.4 Å². The molecule has 2 aliphatic heterocycles. The van der Waals surface area contributed by atoms with Crippen LogP contribution in [0.15, 0.2) is 36.4 Å². The van der Waals surface area contributed by atoms with Gasteiger partial charge >= 0.3 is 0 Å². The monoisotopic (exact) mass is 714 g/mol. The summed E-state index contributed by atoms with van der Waals surface area (Å²) in [5, 5.41) is 4.32. The number of halogens is 1. The average Bonchev–Trinajstić information content (AvgIpc) is 4.00. The Morgan fingerprint density at radius 1 is 1.16 bits per heavy atom. The van der Waals surface area contributed by atoms with E-state index in [9.17, 15) is 27.2 Å². The molecular formula is C36H47FN4O8S. The molecule has 6 atom stereocenters. The number of aromatic nitrogens is 1. The Bertz CT molecular complexity index is 1780. The number of methoxy groups -OCH3 is 2. The molecule has 1 aromatic heterocycles. The first kappa shape index (κ1) is 35.9. The summed E-state index contributed by atoms with van der Waals surface area (Å²) in [6, 6.07) is 6.21. The van der Waals surface area contributed by atoms with Gasteiger partial charge in [0.2, 0.25) is 33.6 Å². The number of allylic oxidation sites excluding steroid dienone is 1. The van der Waals surface area contributed by atoms with Crippen molar-refractivity contribution >= 4 is 38.5 Å². The van der Waals surface area contributed by atoms with Gasteiger partial charge in [0.25, 0.3) is 5.91 Å². The fourth-order valence-electron chi connectivity index (χ4n) is 7.37. The number of alkyl halides is 1. The molecule has 2 saturated carbocycles. The number of nitrogens with zero attached hydrogens (tertiary/aromatic N) is 2. The standard InChI is InChI=1S/C36H47FN4O8S/c1-5-23-14-22(2)8-6-7-9-25-19-36(25,34(44)40-50(45,46)35(21-37)12-13-35)39-32(43)29-18-27(20-41(29)31(42)15-23)49-33-28-11-10-26(47-3)16-24(28)17-30(38-33)48-4/h7,9-11,16-17,22-23,25,27,29H,5-6,8,12-15,18-21H2,1-4H3,(H,39,43)(H,40,44)/b9-7-/t22-,23-,25-,27-,29+,36-/m1/s1. The van der Waals surface area contributed by atoms with Gasteiger partial charge in [0.1, 0.15) is 34.9 Å². The summed E-state index contributed by atoms with van der Waals surface area (Å²) in [6.07, 6.45) is 7.27. The van der Waals surface area contributed by atoms with Gasteiger partial charge in [0, 0.05) is 30.2 Å². The number of carbonyl (C=O) groups is 3. The number of fused-ring (bicyclic) bond motifs is 3. The SMILES string of the molecule is CC[C@H]1CC(=O)N2C[C@H](Oc3nc(OC)cc4cc(OC)ccc34)C[C@H]2C(=O)N[C@]2(C(=O)NS(=O)(=O)C3(CF)CC3)C[C@H]2/C=C\CC[C@@H](C)C1. The molecule has 1 saturated heterocycles. The van der Waals surface area contributed by atoms with Crippen molar-refractivity contribution in [1.29, 1.82) is 0 Å². The van der Waals surface area contributed by atoms with E-state index >= 15 is 0 Å². The Balaban J connectivity index is 1.30. The zero-order chi connectivity index (χ0) is 35.8. The number of carbonyl (C=O) groups excluding carboxylic acids is 3. The Labute approximate surface area is 292 Å². The van der Waals surface area contributed by atoms with Crippen LogP contribution in [0.4, 0.5) is 4.39 Å². The second-order valence-electron chi connectivity index (χ2n) is 14.4. The maximum absolute atomic E-state index is 14.2. The van der Waals surface area contributed by atoms with Crippen LogP contribution < -0.4 is 24.2 Å². The maximum atomic E-state index is 14.2. The minimum Gasteiger partial charge on any atom is -0.497 e. The second kappa shape index (κ2) is 14.0. The first-order valence-electron chi connectivity index (χ1n) is 17.5. The van der Waals surface area contributed by atoms with Crippen LogP contribution >= 0.6 is 0 Å². The molecule has 0 unspecified atom stereocenters. The molecule has 3 fully saturated rings. The van der Waals surface area contributed by atoms with Crippen molar-refractivity contribution in [1.82, 2.24) is 19.9 Å². The molecule has 2 N–H and O–H groups in total. The third-order valence-electron chi connectivity index (χ3n) is 10.9. The molecule has 2 aromatic rings. The molecule has 0 radical (unpaired) electrons. The van der Waals surface area contributed by atoms with E-state index in [-0.39, 0.29) is 56.4 Å². The van der Waals surface area contributed by atoms with Crippen molar-refractivity contribution in [2.45, 2.75) is 94.1 Å². The van der Waals surface area contributed by atoms with E-state index in [4.69, 9.17) is 14.2 Å². The molecule has 12 nitrogen and oxygen atoms in total. The lowest BCUT2D eigenvalue weighted by molar-refractivity contribution is -0.140. The molecule has 272 valence electrons. The van der Waals surface area contributed by atoms with Crippen LogP contribution in [0.25, 0.3) is 10.8 Å². The zero-order valence-electron chi connectivity index (χ0n) is 29.1. The van der Waals surface area contributed by atoms with Crippen LogP contribution in [0.2, 0.25) is 0 Å². The summed E-state index contributed by atoms with van der Waals surface area (Å²) >= 11 is 0. The van der Waals surface area contributed by atoms with Crippen LogP contribution in [0.5, 0.6) is 17.5 Å². The summed E-state index contributed by atoms with van der Waals surface area (Å²) in [4.78, 5) is 48.0. The molecule has 6 rings (SSSR count).